The van der Waals surface area contributed by atoms with Gasteiger partial charge >= 0.3 is 0 Å². The zero-order chi connectivity index (χ0) is 19.2. The topological polar surface area (TPSA) is 64.8 Å². The molecule has 0 aliphatic heterocycles. The zero-order valence-electron chi connectivity index (χ0n) is 15.8. The highest BCUT2D eigenvalue weighted by atomic mass is 15.2. The number of nitriles is 1. The Morgan fingerprint density at radius 2 is 1.74 bits per heavy atom. The highest BCUT2D eigenvalue weighted by molar-refractivity contribution is 5.66. The normalized spacial score (nSPS) is 10.5. The molecule has 0 unspecified atom stereocenters. The zero-order valence-corrected chi connectivity index (χ0v) is 15.8. The fourth-order valence-corrected chi connectivity index (χ4v) is 2.90. The molecule has 0 saturated heterocycles. The van der Waals surface area contributed by atoms with Gasteiger partial charge in [0, 0.05) is 18.7 Å². The van der Waals surface area contributed by atoms with Crippen molar-refractivity contribution in [1.29, 1.82) is 5.26 Å². The molecule has 27 heavy (non-hydrogen) atoms. The van der Waals surface area contributed by atoms with E-state index < -0.39 is 0 Å². The van der Waals surface area contributed by atoms with Crippen molar-refractivity contribution in [2.75, 3.05) is 10.2 Å². The molecular weight excluding hydrogens is 334 g/mol. The molecule has 5 nitrogen and oxygen atoms in total. The van der Waals surface area contributed by atoms with E-state index >= 15 is 0 Å². The maximum atomic E-state index is 9.30. The molecule has 0 spiro atoms. The summed E-state index contributed by atoms with van der Waals surface area (Å²) in [5, 5.41) is 12.6. The van der Waals surface area contributed by atoms with Crippen LogP contribution in [0.4, 0.5) is 17.3 Å². The van der Waals surface area contributed by atoms with E-state index in [2.05, 4.69) is 52.2 Å². The molecule has 0 saturated carbocycles. The van der Waals surface area contributed by atoms with Gasteiger partial charge in [-0.05, 0) is 38.5 Å². The van der Waals surface area contributed by atoms with Crippen LogP contribution < -0.4 is 10.2 Å². The lowest BCUT2D eigenvalue weighted by Crippen LogP contribution is -2.31. The molecule has 3 aromatic rings. The molecule has 0 aliphatic carbocycles. The van der Waals surface area contributed by atoms with Crippen LogP contribution in [-0.2, 0) is 6.54 Å². The van der Waals surface area contributed by atoms with Crippen LogP contribution in [0.25, 0.3) is 0 Å². The summed E-state index contributed by atoms with van der Waals surface area (Å²) < 4.78 is 0. The van der Waals surface area contributed by atoms with E-state index in [4.69, 9.17) is 0 Å². The maximum Gasteiger partial charge on any atom is 0.136 e. The molecule has 1 heterocycles. The number of hydrogen-bond donors (Lipinski definition) is 1. The summed E-state index contributed by atoms with van der Waals surface area (Å²) >= 11 is 0. The number of aromatic nitrogens is 2. The largest absolute Gasteiger partial charge is 0.350 e. The average molecular weight is 357 g/mol. The Balaban J connectivity index is 1.92. The maximum absolute atomic E-state index is 9.30. The first-order chi connectivity index (χ1) is 13.1. The van der Waals surface area contributed by atoms with Gasteiger partial charge in [-0.15, -0.1) is 0 Å². The summed E-state index contributed by atoms with van der Waals surface area (Å²) in [7, 11) is 0. The van der Waals surface area contributed by atoms with Crippen molar-refractivity contribution in [3.8, 4) is 6.07 Å². The second kappa shape index (κ2) is 8.33. The molecule has 5 heteroatoms. The standard InChI is InChI=1S/C22H23N5/c1-16(2)27(15-18-9-5-4-6-10-18)22-13-21(24-17(3)25-22)26-20-12-8-7-11-19(20)14-23/h4-13,16H,15H2,1-3H3,(H,24,25,26). The summed E-state index contributed by atoms with van der Waals surface area (Å²) in [5.74, 6) is 2.22. The Hall–Kier alpha value is -3.39. The van der Waals surface area contributed by atoms with Crippen LogP contribution in [0.5, 0.6) is 0 Å². The van der Waals surface area contributed by atoms with E-state index in [9.17, 15) is 5.26 Å². The highest BCUT2D eigenvalue weighted by Gasteiger charge is 2.15. The van der Waals surface area contributed by atoms with Crippen LogP contribution in [0.3, 0.4) is 0 Å². The van der Waals surface area contributed by atoms with Gasteiger partial charge in [-0.1, -0.05) is 42.5 Å². The van der Waals surface area contributed by atoms with Crippen molar-refractivity contribution in [3.63, 3.8) is 0 Å². The van der Waals surface area contributed by atoms with Gasteiger partial charge in [-0.2, -0.15) is 5.26 Å². The van der Waals surface area contributed by atoms with E-state index in [1.165, 1.54) is 5.56 Å². The average Bonchev–Trinajstić information content (AvgIpc) is 2.66. The monoisotopic (exact) mass is 357 g/mol. The predicted octanol–water partition coefficient (Wildman–Crippen LogP) is 4.82. The number of hydrogen-bond acceptors (Lipinski definition) is 5. The fourth-order valence-electron chi connectivity index (χ4n) is 2.90. The van der Waals surface area contributed by atoms with Gasteiger partial charge in [-0.3, -0.25) is 0 Å². The minimum atomic E-state index is 0.277. The van der Waals surface area contributed by atoms with E-state index in [0.717, 1.165) is 18.1 Å². The molecule has 1 N–H and O–H groups in total. The van der Waals surface area contributed by atoms with Crippen molar-refractivity contribution in [3.05, 3.63) is 77.6 Å². The third kappa shape index (κ3) is 4.62. The Morgan fingerprint density at radius 1 is 1.04 bits per heavy atom. The molecule has 0 radical (unpaired) electrons. The van der Waals surface area contributed by atoms with Gasteiger partial charge in [0.1, 0.15) is 23.5 Å². The first kappa shape index (κ1) is 18.4. The van der Waals surface area contributed by atoms with Crippen molar-refractivity contribution in [1.82, 2.24) is 9.97 Å². The molecular formula is C22H23N5. The van der Waals surface area contributed by atoms with Crippen LogP contribution in [0.2, 0.25) is 0 Å². The van der Waals surface area contributed by atoms with Gasteiger partial charge in [-0.25, -0.2) is 9.97 Å². The molecule has 1 aromatic heterocycles. The number of nitrogens with zero attached hydrogens (tertiary/aromatic N) is 4. The van der Waals surface area contributed by atoms with Crippen molar-refractivity contribution in [2.45, 2.75) is 33.4 Å². The predicted molar refractivity (Wildman–Crippen MR) is 109 cm³/mol. The van der Waals surface area contributed by atoms with E-state index in [1.54, 1.807) is 6.07 Å². The number of rotatable bonds is 6. The number of nitrogens with one attached hydrogen (secondary N) is 1. The lowest BCUT2D eigenvalue weighted by Gasteiger charge is -2.28. The second-order valence-corrected chi connectivity index (χ2v) is 6.65. The van der Waals surface area contributed by atoms with Gasteiger partial charge in [0.15, 0.2) is 0 Å². The van der Waals surface area contributed by atoms with Crippen LogP contribution in [0.1, 0.15) is 30.8 Å². The quantitative estimate of drug-likeness (QED) is 0.685. The molecule has 0 amide bonds. The summed E-state index contributed by atoms with van der Waals surface area (Å²) in [6.45, 7) is 6.95. The van der Waals surface area contributed by atoms with E-state index in [1.807, 2.05) is 49.4 Å². The molecule has 0 bridgehead atoms. The van der Waals surface area contributed by atoms with E-state index in [0.29, 0.717) is 17.2 Å². The van der Waals surface area contributed by atoms with Gasteiger partial charge < -0.3 is 10.2 Å². The SMILES string of the molecule is Cc1nc(Nc2ccccc2C#N)cc(N(Cc2ccccc2)C(C)C)n1. The Bertz CT molecular complexity index is 944. The summed E-state index contributed by atoms with van der Waals surface area (Å²) in [6.07, 6.45) is 0. The minimum absolute atomic E-state index is 0.277. The fraction of sp³-hybridized carbons (Fsp3) is 0.227. The molecule has 0 fully saturated rings. The van der Waals surface area contributed by atoms with Gasteiger partial charge in [0.2, 0.25) is 0 Å². The number of para-hydroxylation sites is 1. The number of benzene rings is 2. The third-order valence-electron chi connectivity index (χ3n) is 4.25. The van der Waals surface area contributed by atoms with Crippen molar-refractivity contribution < 1.29 is 0 Å². The minimum Gasteiger partial charge on any atom is -0.350 e. The summed E-state index contributed by atoms with van der Waals surface area (Å²) in [6, 6.07) is 22.2. The highest BCUT2D eigenvalue weighted by Crippen LogP contribution is 2.24. The number of anilines is 3. The third-order valence-corrected chi connectivity index (χ3v) is 4.25. The summed E-state index contributed by atoms with van der Waals surface area (Å²) in [5.41, 5.74) is 2.55. The Labute approximate surface area is 160 Å². The Kier molecular flexibility index (Phi) is 5.68. The summed E-state index contributed by atoms with van der Waals surface area (Å²) in [4.78, 5) is 11.4. The van der Waals surface area contributed by atoms with Crippen LogP contribution in [0.15, 0.2) is 60.7 Å². The lowest BCUT2D eigenvalue weighted by molar-refractivity contribution is 0.670. The second-order valence-electron chi connectivity index (χ2n) is 6.65. The van der Waals surface area contributed by atoms with Gasteiger partial charge in [0.05, 0.1) is 11.3 Å². The molecule has 0 aliphatic rings. The molecule has 3 rings (SSSR count). The lowest BCUT2D eigenvalue weighted by atomic mass is 10.2. The first-order valence-corrected chi connectivity index (χ1v) is 8.99. The van der Waals surface area contributed by atoms with Gasteiger partial charge in [0.25, 0.3) is 0 Å². The van der Waals surface area contributed by atoms with Crippen LogP contribution >= 0.6 is 0 Å². The van der Waals surface area contributed by atoms with Crippen LogP contribution in [-0.4, -0.2) is 16.0 Å². The molecule has 2 aromatic carbocycles. The molecule has 136 valence electrons. The number of aryl methyl sites for hydroxylation is 1. The van der Waals surface area contributed by atoms with Crippen molar-refractivity contribution in [2.24, 2.45) is 0 Å². The van der Waals surface area contributed by atoms with Crippen molar-refractivity contribution >= 4 is 17.3 Å². The first-order valence-electron chi connectivity index (χ1n) is 8.99. The Morgan fingerprint density at radius 3 is 2.44 bits per heavy atom. The van der Waals surface area contributed by atoms with E-state index in [-0.39, 0.29) is 6.04 Å². The van der Waals surface area contributed by atoms with Crippen LogP contribution in [0, 0.1) is 18.3 Å². The molecule has 0 atom stereocenters. The smallest absolute Gasteiger partial charge is 0.136 e.